The predicted molar refractivity (Wildman–Crippen MR) is 72.0 cm³/mol. The van der Waals surface area contributed by atoms with Crippen molar-refractivity contribution < 1.29 is 4.79 Å². The Morgan fingerprint density at radius 2 is 2.24 bits per heavy atom. The summed E-state index contributed by atoms with van der Waals surface area (Å²) in [6, 6.07) is 9.54. The molecule has 0 fully saturated rings. The summed E-state index contributed by atoms with van der Waals surface area (Å²) in [4.78, 5) is 14.7. The van der Waals surface area contributed by atoms with E-state index >= 15 is 0 Å². The van der Waals surface area contributed by atoms with Crippen molar-refractivity contribution in [1.29, 1.82) is 0 Å². The van der Waals surface area contributed by atoms with Crippen molar-refractivity contribution in [3.05, 3.63) is 52.3 Å². The first-order valence-electron chi connectivity index (χ1n) is 5.33. The van der Waals surface area contributed by atoms with Gasteiger partial charge in [-0.15, -0.1) is 0 Å². The molecule has 2 rings (SSSR count). The average molecular weight is 293 g/mol. The highest BCUT2D eigenvalue weighted by Gasteiger charge is 2.05. The van der Waals surface area contributed by atoms with Gasteiger partial charge in [0.2, 0.25) is 5.91 Å². The zero-order valence-corrected chi connectivity index (χ0v) is 11.0. The van der Waals surface area contributed by atoms with E-state index in [1.54, 1.807) is 0 Å². The molecule has 2 N–H and O–H groups in total. The first kappa shape index (κ1) is 11.9. The molecular formula is C13H13BrN2O. The smallest absolute Gasteiger partial charge is 0.230 e. The second-order valence-corrected chi connectivity index (χ2v) is 4.74. The Morgan fingerprint density at radius 3 is 2.88 bits per heavy atom. The molecule has 88 valence electrons. The van der Waals surface area contributed by atoms with Crippen LogP contribution in [0.4, 0.5) is 5.69 Å². The molecule has 1 heterocycles. The summed E-state index contributed by atoms with van der Waals surface area (Å²) in [5.74, 6) is -0.0248. The number of aromatic amines is 1. The molecule has 1 aromatic carbocycles. The van der Waals surface area contributed by atoms with Crippen LogP contribution in [0, 0.1) is 6.92 Å². The maximum atomic E-state index is 11.7. The molecule has 1 amide bonds. The molecule has 0 aliphatic rings. The van der Waals surface area contributed by atoms with Gasteiger partial charge in [-0.05, 0) is 36.8 Å². The van der Waals surface area contributed by atoms with Crippen molar-refractivity contribution in [2.75, 3.05) is 5.32 Å². The van der Waals surface area contributed by atoms with Gasteiger partial charge in [-0.2, -0.15) is 0 Å². The summed E-state index contributed by atoms with van der Waals surface area (Å²) in [6.07, 6.45) is 2.17. The van der Waals surface area contributed by atoms with Crippen LogP contribution in [0.3, 0.4) is 0 Å². The van der Waals surface area contributed by atoms with E-state index in [1.165, 1.54) is 0 Å². The fourth-order valence-electron chi connectivity index (χ4n) is 1.53. The number of benzene rings is 1. The lowest BCUT2D eigenvalue weighted by Gasteiger charge is -2.06. The highest BCUT2D eigenvalue weighted by atomic mass is 79.9. The molecular weight excluding hydrogens is 280 g/mol. The van der Waals surface area contributed by atoms with Crippen LogP contribution in [0.15, 0.2) is 41.0 Å². The van der Waals surface area contributed by atoms with Crippen LogP contribution in [-0.4, -0.2) is 10.9 Å². The SMILES string of the molecule is Cc1ccc(NC(=O)Cc2ccc[nH]2)cc1Br. The van der Waals surface area contributed by atoms with Gasteiger partial charge in [0.15, 0.2) is 0 Å². The number of anilines is 1. The molecule has 0 saturated heterocycles. The highest BCUT2D eigenvalue weighted by molar-refractivity contribution is 9.10. The Kier molecular flexibility index (Phi) is 3.64. The number of aromatic nitrogens is 1. The molecule has 0 bridgehead atoms. The maximum Gasteiger partial charge on any atom is 0.230 e. The summed E-state index contributed by atoms with van der Waals surface area (Å²) in [5, 5.41) is 2.86. The van der Waals surface area contributed by atoms with E-state index in [2.05, 4.69) is 26.2 Å². The quantitative estimate of drug-likeness (QED) is 0.896. The Hall–Kier alpha value is -1.55. The minimum atomic E-state index is -0.0248. The monoisotopic (exact) mass is 292 g/mol. The topological polar surface area (TPSA) is 44.9 Å². The van der Waals surface area contributed by atoms with Crippen LogP contribution < -0.4 is 5.32 Å². The summed E-state index contributed by atoms with van der Waals surface area (Å²) in [7, 11) is 0. The lowest BCUT2D eigenvalue weighted by Crippen LogP contribution is -2.14. The summed E-state index contributed by atoms with van der Waals surface area (Å²) < 4.78 is 0.996. The highest BCUT2D eigenvalue weighted by Crippen LogP contribution is 2.20. The minimum absolute atomic E-state index is 0.0248. The number of hydrogen-bond acceptors (Lipinski definition) is 1. The number of hydrogen-bond donors (Lipinski definition) is 2. The number of H-pyrrole nitrogens is 1. The summed E-state index contributed by atoms with van der Waals surface area (Å²) in [6.45, 7) is 2.01. The van der Waals surface area contributed by atoms with Crippen molar-refractivity contribution in [2.45, 2.75) is 13.3 Å². The van der Waals surface area contributed by atoms with Gasteiger partial charge < -0.3 is 10.3 Å². The van der Waals surface area contributed by atoms with Gasteiger partial charge >= 0.3 is 0 Å². The fourth-order valence-corrected chi connectivity index (χ4v) is 1.91. The minimum Gasteiger partial charge on any atom is -0.365 e. The Bertz CT molecular complexity index is 520. The fraction of sp³-hybridized carbons (Fsp3) is 0.154. The third kappa shape index (κ3) is 3.20. The van der Waals surface area contributed by atoms with E-state index in [-0.39, 0.29) is 5.91 Å². The van der Waals surface area contributed by atoms with Crippen LogP contribution >= 0.6 is 15.9 Å². The van der Waals surface area contributed by atoms with Gasteiger partial charge in [0.1, 0.15) is 0 Å². The van der Waals surface area contributed by atoms with Crippen molar-refractivity contribution in [1.82, 2.24) is 4.98 Å². The zero-order chi connectivity index (χ0) is 12.3. The number of halogens is 1. The second kappa shape index (κ2) is 5.19. The normalized spacial score (nSPS) is 10.2. The zero-order valence-electron chi connectivity index (χ0n) is 9.46. The van der Waals surface area contributed by atoms with Crippen LogP contribution in [0.25, 0.3) is 0 Å². The molecule has 0 unspecified atom stereocenters. The molecule has 3 nitrogen and oxygen atoms in total. The third-order valence-electron chi connectivity index (χ3n) is 2.47. The van der Waals surface area contributed by atoms with Crippen LogP contribution in [0.2, 0.25) is 0 Å². The number of rotatable bonds is 3. The van der Waals surface area contributed by atoms with Crippen molar-refractivity contribution in [2.24, 2.45) is 0 Å². The van der Waals surface area contributed by atoms with E-state index in [9.17, 15) is 4.79 Å². The molecule has 0 spiro atoms. The van der Waals surface area contributed by atoms with Crippen molar-refractivity contribution in [3.8, 4) is 0 Å². The van der Waals surface area contributed by atoms with Crippen LogP contribution in [0.5, 0.6) is 0 Å². The van der Waals surface area contributed by atoms with Crippen LogP contribution in [-0.2, 0) is 11.2 Å². The predicted octanol–water partition coefficient (Wildman–Crippen LogP) is 3.27. The molecule has 1 aromatic heterocycles. The van der Waals surface area contributed by atoms with Crippen molar-refractivity contribution in [3.63, 3.8) is 0 Å². The molecule has 0 radical (unpaired) electrons. The molecule has 2 aromatic rings. The number of nitrogens with one attached hydrogen (secondary N) is 2. The first-order valence-corrected chi connectivity index (χ1v) is 6.13. The molecule has 0 aliphatic carbocycles. The average Bonchev–Trinajstić information content (AvgIpc) is 2.76. The first-order chi connectivity index (χ1) is 8.15. The molecule has 17 heavy (non-hydrogen) atoms. The van der Waals surface area contributed by atoms with E-state index in [0.717, 1.165) is 21.4 Å². The molecule has 4 heteroatoms. The Labute approximate surface area is 108 Å². The molecule has 0 atom stereocenters. The Balaban J connectivity index is 2.00. The lowest BCUT2D eigenvalue weighted by atomic mass is 10.2. The van der Waals surface area contributed by atoms with E-state index in [4.69, 9.17) is 0 Å². The maximum absolute atomic E-state index is 11.7. The van der Waals surface area contributed by atoms with E-state index < -0.39 is 0 Å². The van der Waals surface area contributed by atoms with Crippen molar-refractivity contribution >= 4 is 27.5 Å². The standard InChI is InChI=1S/C13H13BrN2O/c1-9-4-5-11(7-12(9)14)16-13(17)8-10-3-2-6-15-10/h2-7,15H,8H2,1H3,(H,16,17). The van der Waals surface area contributed by atoms with Gasteiger partial charge in [-0.25, -0.2) is 0 Å². The Morgan fingerprint density at radius 1 is 1.41 bits per heavy atom. The van der Waals surface area contributed by atoms with Gasteiger partial charge in [-0.3, -0.25) is 4.79 Å². The largest absolute Gasteiger partial charge is 0.365 e. The van der Waals surface area contributed by atoms with Gasteiger partial charge in [0.05, 0.1) is 6.42 Å². The lowest BCUT2D eigenvalue weighted by molar-refractivity contribution is -0.115. The molecule has 0 aliphatic heterocycles. The number of amides is 1. The summed E-state index contributed by atoms with van der Waals surface area (Å²) in [5.41, 5.74) is 2.86. The van der Waals surface area contributed by atoms with Gasteiger partial charge in [0, 0.05) is 22.1 Å². The summed E-state index contributed by atoms with van der Waals surface area (Å²) >= 11 is 3.44. The van der Waals surface area contributed by atoms with E-state index in [1.807, 2.05) is 43.5 Å². The van der Waals surface area contributed by atoms with E-state index in [0.29, 0.717) is 6.42 Å². The number of carbonyl (C=O) groups excluding carboxylic acids is 1. The molecule has 0 saturated carbocycles. The number of carbonyl (C=O) groups is 1. The second-order valence-electron chi connectivity index (χ2n) is 3.88. The van der Waals surface area contributed by atoms with Crippen LogP contribution in [0.1, 0.15) is 11.3 Å². The third-order valence-corrected chi connectivity index (χ3v) is 3.32. The van der Waals surface area contributed by atoms with Gasteiger partial charge in [-0.1, -0.05) is 22.0 Å². The van der Waals surface area contributed by atoms with Gasteiger partial charge in [0.25, 0.3) is 0 Å². The number of aryl methyl sites for hydroxylation is 1.